The topological polar surface area (TPSA) is 38.1 Å². The van der Waals surface area contributed by atoms with E-state index in [0.29, 0.717) is 0 Å². The number of thiazole rings is 1. The monoisotopic (exact) mass is 192 g/mol. The summed E-state index contributed by atoms with van der Waals surface area (Å²) in [7, 11) is 0. The highest BCUT2D eigenvalue weighted by molar-refractivity contribution is 7.13. The second kappa shape index (κ2) is 2.60. The lowest BCUT2D eigenvalue weighted by Gasteiger charge is -1.97. The van der Waals surface area contributed by atoms with Crippen molar-refractivity contribution in [2.24, 2.45) is 0 Å². The summed E-state index contributed by atoms with van der Waals surface area (Å²) in [6.07, 6.45) is 2.69. The van der Waals surface area contributed by atoms with Gasteiger partial charge in [0.2, 0.25) is 5.88 Å². The van der Waals surface area contributed by atoms with Gasteiger partial charge in [-0.3, -0.25) is 0 Å². The van der Waals surface area contributed by atoms with Crippen LogP contribution in [0, 0.1) is 0 Å². The van der Waals surface area contributed by atoms with Gasteiger partial charge in [-0.15, -0.1) is 11.3 Å². The number of anilines is 1. The van der Waals surface area contributed by atoms with E-state index in [-0.39, 0.29) is 0 Å². The molecule has 13 heavy (non-hydrogen) atoms. The summed E-state index contributed by atoms with van der Waals surface area (Å²) in [5.74, 6) is 0.878. The van der Waals surface area contributed by atoms with Crippen LogP contribution in [0.3, 0.4) is 0 Å². The van der Waals surface area contributed by atoms with Gasteiger partial charge in [0.25, 0.3) is 0 Å². The summed E-state index contributed by atoms with van der Waals surface area (Å²) in [5, 5.41) is 3.24. The smallest absolute Gasteiger partial charge is 0.201 e. The maximum Gasteiger partial charge on any atom is 0.201 e. The first-order chi connectivity index (χ1) is 6.45. The zero-order chi connectivity index (χ0) is 8.67. The van der Waals surface area contributed by atoms with Gasteiger partial charge in [-0.2, -0.15) is 0 Å². The molecule has 0 amide bonds. The summed E-state index contributed by atoms with van der Waals surface area (Å²) in [5.41, 5.74) is 4.22. The molecule has 0 saturated carbocycles. The Kier molecular flexibility index (Phi) is 1.43. The number of hydrogen-bond acceptors (Lipinski definition) is 4. The van der Waals surface area contributed by atoms with Crippen molar-refractivity contribution < 1.29 is 4.42 Å². The van der Waals surface area contributed by atoms with Crippen molar-refractivity contribution in [2.45, 2.75) is 6.42 Å². The van der Waals surface area contributed by atoms with Crippen LogP contribution in [-0.4, -0.2) is 11.5 Å². The molecule has 0 spiro atoms. The van der Waals surface area contributed by atoms with Crippen molar-refractivity contribution in [3.05, 3.63) is 23.5 Å². The molecule has 0 radical (unpaired) electrons. The first-order valence-electron chi connectivity index (χ1n) is 4.19. The molecule has 2 aromatic heterocycles. The molecule has 0 fully saturated rings. The van der Waals surface area contributed by atoms with E-state index in [1.54, 1.807) is 17.6 Å². The highest BCUT2D eigenvalue weighted by Crippen LogP contribution is 2.36. The largest absolute Gasteiger partial charge is 0.448 e. The van der Waals surface area contributed by atoms with Crippen molar-refractivity contribution in [1.82, 2.24) is 4.98 Å². The summed E-state index contributed by atoms with van der Waals surface area (Å²) in [6.45, 7) is 0.900. The van der Waals surface area contributed by atoms with E-state index in [2.05, 4.69) is 10.3 Å². The standard InChI is InChI=1S/C9H8N2OS/c1-3-10-9-6(2-4-12-9)8-7(1)11-5-13-8/h2,4-5,10H,1,3H2. The van der Waals surface area contributed by atoms with Crippen molar-refractivity contribution >= 4 is 17.2 Å². The molecule has 3 nitrogen and oxygen atoms in total. The van der Waals surface area contributed by atoms with Crippen molar-refractivity contribution in [3.63, 3.8) is 0 Å². The quantitative estimate of drug-likeness (QED) is 0.696. The predicted octanol–water partition coefficient (Wildman–Crippen LogP) is 2.37. The lowest BCUT2D eigenvalue weighted by Crippen LogP contribution is -2.01. The van der Waals surface area contributed by atoms with Crippen LogP contribution in [0.15, 0.2) is 22.3 Å². The van der Waals surface area contributed by atoms with E-state index < -0.39 is 0 Å². The maximum atomic E-state index is 5.33. The number of aromatic nitrogens is 1. The SMILES string of the molecule is c1cc2c(o1)NCCc1ncsc1-2. The van der Waals surface area contributed by atoms with Gasteiger partial charge in [-0.1, -0.05) is 0 Å². The Morgan fingerprint density at radius 1 is 1.54 bits per heavy atom. The van der Waals surface area contributed by atoms with Gasteiger partial charge in [0.05, 0.1) is 27.9 Å². The van der Waals surface area contributed by atoms with Crippen LogP contribution in [0.4, 0.5) is 5.88 Å². The van der Waals surface area contributed by atoms with E-state index in [1.807, 2.05) is 11.6 Å². The lowest BCUT2D eigenvalue weighted by atomic mass is 10.2. The van der Waals surface area contributed by atoms with Gasteiger partial charge in [-0.05, 0) is 6.07 Å². The number of fused-ring (bicyclic) bond motifs is 3. The summed E-state index contributed by atoms with van der Waals surface area (Å²) in [4.78, 5) is 5.58. The maximum absolute atomic E-state index is 5.33. The van der Waals surface area contributed by atoms with Gasteiger partial charge < -0.3 is 9.73 Å². The average Bonchev–Trinajstić information content (AvgIpc) is 2.72. The highest BCUT2D eigenvalue weighted by atomic mass is 32.1. The Morgan fingerprint density at radius 3 is 3.54 bits per heavy atom. The molecule has 0 aromatic carbocycles. The zero-order valence-corrected chi connectivity index (χ0v) is 7.73. The Bertz CT molecular complexity index is 392. The first-order valence-corrected chi connectivity index (χ1v) is 5.07. The second-order valence-electron chi connectivity index (χ2n) is 2.97. The fourth-order valence-corrected chi connectivity index (χ4v) is 2.45. The minimum atomic E-state index is 0.878. The molecule has 1 aliphatic heterocycles. The minimum Gasteiger partial charge on any atom is -0.448 e. The third-order valence-corrected chi connectivity index (χ3v) is 3.10. The molecule has 0 saturated heterocycles. The van der Waals surface area contributed by atoms with E-state index >= 15 is 0 Å². The molecule has 3 heterocycles. The van der Waals surface area contributed by atoms with Gasteiger partial charge in [0.1, 0.15) is 0 Å². The van der Waals surface area contributed by atoms with E-state index in [0.717, 1.165) is 24.4 Å². The van der Waals surface area contributed by atoms with Crippen LogP contribution in [0.25, 0.3) is 10.4 Å². The van der Waals surface area contributed by atoms with Gasteiger partial charge in [0.15, 0.2) is 0 Å². The molecule has 1 N–H and O–H groups in total. The van der Waals surface area contributed by atoms with Crippen molar-refractivity contribution in [1.29, 1.82) is 0 Å². The molecule has 0 bridgehead atoms. The third-order valence-electron chi connectivity index (χ3n) is 2.20. The summed E-state index contributed by atoms with van der Waals surface area (Å²) >= 11 is 1.67. The molecule has 0 unspecified atom stereocenters. The molecular formula is C9H8N2OS. The molecule has 2 aromatic rings. The molecule has 66 valence electrons. The number of nitrogens with one attached hydrogen (secondary N) is 1. The molecule has 4 heteroatoms. The Morgan fingerprint density at radius 2 is 2.54 bits per heavy atom. The van der Waals surface area contributed by atoms with Crippen LogP contribution in [0.5, 0.6) is 0 Å². The normalized spacial score (nSPS) is 14.2. The average molecular weight is 192 g/mol. The number of furan rings is 1. The Hall–Kier alpha value is -1.29. The Labute approximate surface area is 79.4 Å². The first kappa shape index (κ1) is 7.15. The number of nitrogens with zero attached hydrogens (tertiary/aromatic N) is 1. The molecule has 1 aliphatic rings. The van der Waals surface area contributed by atoms with Crippen LogP contribution in [-0.2, 0) is 6.42 Å². The predicted molar refractivity (Wildman–Crippen MR) is 52.0 cm³/mol. The van der Waals surface area contributed by atoms with E-state index in [9.17, 15) is 0 Å². The lowest BCUT2D eigenvalue weighted by molar-refractivity contribution is 0.580. The van der Waals surface area contributed by atoms with Crippen LogP contribution in [0.1, 0.15) is 5.69 Å². The van der Waals surface area contributed by atoms with E-state index in [1.165, 1.54) is 10.6 Å². The third kappa shape index (κ3) is 0.986. The number of hydrogen-bond donors (Lipinski definition) is 1. The second-order valence-corrected chi connectivity index (χ2v) is 3.82. The summed E-state index contributed by atoms with van der Waals surface area (Å²) < 4.78 is 5.33. The minimum absolute atomic E-state index is 0.878. The van der Waals surface area contributed by atoms with E-state index in [4.69, 9.17) is 4.42 Å². The van der Waals surface area contributed by atoms with Gasteiger partial charge in [-0.25, -0.2) is 4.98 Å². The zero-order valence-electron chi connectivity index (χ0n) is 6.91. The molecule has 3 rings (SSSR count). The highest BCUT2D eigenvalue weighted by Gasteiger charge is 2.18. The molecule has 0 atom stereocenters. The molecular weight excluding hydrogens is 184 g/mol. The van der Waals surface area contributed by atoms with Crippen LogP contribution >= 0.6 is 11.3 Å². The Balaban J connectivity index is 2.27. The van der Waals surface area contributed by atoms with Crippen molar-refractivity contribution in [2.75, 3.05) is 11.9 Å². The fraction of sp³-hybridized carbons (Fsp3) is 0.222. The van der Waals surface area contributed by atoms with Crippen LogP contribution < -0.4 is 5.32 Å². The van der Waals surface area contributed by atoms with Gasteiger partial charge >= 0.3 is 0 Å². The molecule has 0 aliphatic carbocycles. The van der Waals surface area contributed by atoms with Gasteiger partial charge in [0, 0.05) is 13.0 Å². The van der Waals surface area contributed by atoms with Crippen molar-refractivity contribution in [3.8, 4) is 10.4 Å². The summed E-state index contributed by atoms with van der Waals surface area (Å²) in [6, 6.07) is 1.99. The van der Waals surface area contributed by atoms with Crippen LogP contribution in [0.2, 0.25) is 0 Å². The number of rotatable bonds is 0. The fourth-order valence-electron chi connectivity index (χ4n) is 1.59.